The highest BCUT2D eigenvalue weighted by Crippen LogP contribution is 2.28. The second kappa shape index (κ2) is 10.6. The Morgan fingerprint density at radius 1 is 1.03 bits per heavy atom. The molecular formula is C26H30N4O4. The molecule has 8 heteroatoms. The number of nitro groups is 1. The molecule has 2 unspecified atom stereocenters. The summed E-state index contributed by atoms with van der Waals surface area (Å²) in [4.78, 5) is 13.0. The van der Waals surface area contributed by atoms with Crippen molar-refractivity contribution in [3.63, 3.8) is 0 Å². The van der Waals surface area contributed by atoms with E-state index in [9.17, 15) is 20.3 Å². The minimum atomic E-state index is -0.440. The summed E-state index contributed by atoms with van der Waals surface area (Å²) in [5.41, 5.74) is 10.8. The summed E-state index contributed by atoms with van der Waals surface area (Å²) in [6, 6.07) is 21.1. The third-order valence-electron chi connectivity index (χ3n) is 6.35. The van der Waals surface area contributed by atoms with Crippen LogP contribution in [0, 0.1) is 10.1 Å². The minimum absolute atomic E-state index is 0.000687. The number of piperidine rings is 1. The van der Waals surface area contributed by atoms with Crippen LogP contribution in [-0.2, 0) is 13.1 Å². The maximum absolute atomic E-state index is 11.3. The third kappa shape index (κ3) is 5.72. The lowest BCUT2D eigenvalue weighted by Crippen LogP contribution is -2.45. The van der Waals surface area contributed by atoms with Gasteiger partial charge in [-0.25, -0.2) is 0 Å². The molecule has 0 spiro atoms. The maximum atomic E-state index is 11.3. The van der Waals surface area contributed by atoms with Gasteiger partial charge in [-0.15, -0.1) is 0 Å². The molecule has 4 rings (SSSR count). The summed E-state index contributed by atoms with van der Waals surface area (Å²) >= 11 is 0. The molecule has 0 radical (unpaired) electrons. The number of nitrogens with one attached hydrogen (secondary N) is 1. The van der Waals surface area contributed by atoms with Crippen LogP contribution in [0.15, 0.2) is 66.7 Å². The number of anilines is 2. The van der Waals surface area contributed by atoms with Gasteiger partial charge in [0.2, 0.25) is 0 Å². The van der Waals surface area contributed by atoms with Crippen molar-refractivity contribution < 1.29 is 15.1 Å². The number of hydrogen-bond donors (Lipinski definition) is 4. The van der Waals surface area contributed by atoms with Gasteiger partial charge in [0.05, 0.1) is 17.6 Å². The van der Waals surface area contributed by atoms with Crippen molar-refractivity contribution in [3.05, 3.63) is 88.0 Å². The predicted molar refractivity (Wildman–Crippen MR) is 133 cm³/mol. The molecule has 3 aromatic carbocycles. The highest BCUT2D eigenvalue weighted by atomic mass is 16.6. The average Bonchev–Trinajstić information content (AvgIpc) is 2.85. The second-order valence-corrected chi connectivity index (χ2v) is 8.77. The Morgan fingerprint density at radius 2 is 1.68 bits per heavy atom. The van der Waals surface area contributed by atoms with Gasteiger partial charge >= 0.3 is 0 Å². The van der Waals surface area contributed by atoms with Crippen LogP contribution in [0.5, 0.6) is 0 Å². The molecule has 0 aromatic heterocycles. The Kier molecular flexibility index (Phi) is 7.42. The zero-order valence-corrected chi connectivity index (χ0v) is 18.9. The van der Waals surface area contributed by atoms with Crippen LogP contribution in [0.1, 0.15) is 24.0 Å². The Hall–Kier alpha value is -3.46. The molecule has 1 fully saturated rings. The molecule has 8 nitrogen and oxygen atoms in total. The quantitative estimate of drug-likeness (QED) is 0.228. The fourth-order valence-electron chi connectivity index (χ4n) is 4.38. The van der Waals surface area contributed by atoms with E-state index in [1.807, 2.05) is 24.3 Å². The highest BCUT2D eigenvalue weighted by Gasteiger charge is 2.26. The summed E-state index contributed by atoms with van der Waals surface area (Å²) in [7, 11) is 0. The fraction of sp³-hybridized carbons (Fsp3) is 0.308. The van der Waals surface area contributed by atoms with Crippen molar-refractivity contribution in [3.8, 4) is 11.1 Å². The molecule has 0 saturated carbocycles. The lowest BCUT2D eigenvalue weighted by molar-refractivity contribution is -0.383. The van der Waals surface area contributed by atoms with Gasteiger partial charge < -0.3 is 21.3 Å². The SMILES string of the molecule is Nc1ccc(NCc2ccc(-c3ccc(CN4CCC(O)CC4CO)cc3)cc2)c([N+](=O)[O-])c1. The van der Waals surface area contributed by atoms with E-state index in [1.165, 1.54) is 11.6 Å². The molecule has 178 valence electrons. The summed E-state index contributed by atoms with van der Waals surface area (Å²) in [6.07, 6.45) is 1.03. The molecule has 1 aliphatic heterocycles. The van der Waals surface area contributed by atoms with Crippen molar-refractivity contribution in [2.24, 2.45) is 0 Å². The number of nitrogens with two attached hydrogens (primary N) is 1. The molecule has 0 amide bonds. The van der Waals surface area contributed by atoms with Gasteiger partial charge in [-0.3, -0.25) is 15.0 Å². The summed E-state index contributed by atoms with van der Waals surface area (Å²) in [5, 5.41) is 33.8. The van der Waals surface area contributed by atoms with E-state index >= 15 is 0 Å². The van der Waals surface area contributed by atoms with Crippen LogP contribution in [0.3, 0.4) is 0 Å². The van der Waals surface area contributed by atoms with Gasteiger partial charge in [0.1, 0.15) is 5.69 Å². The zero-order valence-electron chi connectivity index (χ0n) is 18.9. The van der Waals surface area contributed by atoms with E-state index in [2.05, 4.69) is 34.5 Å². The summed E-state index contributed by atoms with van der Waals surface area (Å²) < 4.78 is 0. The topological polar surface area (TPSA) is 125 Å². The van der Waals surface area contributed by atoms with Gasteiger partial charge in [-0.2, -0.15) is 0 Å². The van der Waals surface area contributed by atoms with Crippen LogP contribution >= 0.6 is 0 Å². The van der Waals surface area contributed by atoms with Gasteiger partial charge in [-0.05, 0) is 47.2 Å². The molecule has 1 aliphatic rings. The molecule has 5 N–H and O–H groups in total. The number of aliphatic hydroxyl groups is 2. The number of rotatable bonds is 8. The zero-order chi connectivity index (χ0) is 24.1. The monoisotopic (exact) mass is 462 g/mol. The van der Waals surface area contributed by atoms with Crippen molar-refractivity contribution in [1.29, 1.82) is 0 Å². The van der Waals surface area contributed by atoms with Gasteiger partial charge in [0.25, 0.3) is 5.69 Å². The van der Waals surface area contributed by atoms with Gasteiger partial charge in [-0.1, -0.05) is 48.5 Å². The number of nitrogens with zero attached hydrogens (tertiary/aromatic N) is 2. The smallest absolute Gasteiger partial charge is 0.294 e. The maximum Gasteiger partial charge on any atom is 0.294 e. The first-order valence-electron chi connectivity index (χ1n) is 11.4. The van der Waals surface area contributed by atoms with Crippen molar-refractivity contribution in [2.75, 3.05) is 24.2 Å². The lowest BCUT2D eigenvalue weighted by atomic mass is 9.98. The molecule has 0 aliphatic carbocycles. The van der Waals surface area contributed by atoms with E-state index < -0.39 is 4.92 Å². The summed E-state index contributed by atoms with van der Waals surface area (Å²) in [5.74, 6) is 0. The predicted octanol–water partition coefficient (Wildman–Crippen LogP) is 3.77. The average molecular weight is 463 g/mol. The Labute approximate surface area is 198 Å². The number of benzene rings is 3. The number of likely N-dealkylation sites (tertiary alicyclic amines) is 1. The first-order chi connectivity index (χ1) is 16.4. The van der Waals surface area contributed by atoms with Gasteiger partial charge in [0.15, 0.2) is 0 Å². The van der Waals surface area contributed by atoms with E-state index in [0.29, 0.717) is 24.3 Å². The molecule has 2 atom stereocenters. The van der Waals surface area contributed by atoms with Crippen molar-refractivity contribution in [2.45, 2.75) is 38.1 Å². The van der Waals surface area contributed by atoms with Crippen LogP contribution in [0.4, 0.5) is 17.1 Å². The largest absolute Gasteiger partial charge is 0.399 e. The first-order valence-corrected chi connectivity index (χ1v) is 11.4. The molecule has 1 saturated heterocycles. The van der Waals surface area contributed by atoms with E-state index in [-0.39, 0.29) is 24.4 Å². The van der Waals surface area contributed by atoms with E-state index in [0.717, 1.165) is 36.2 Å². The van der Waals surface area contributed by atoms with Crippen molar-refractivity contribution in [1.82, 2.24) is 4.90 Å². The van der Waals surface area contributed by atoms with Gasteiger partial charge in [0, 0.05) is 37.4 Å². The number of hydrogen-bond acceptors (Lipinski definition) is 7. The number of nitrogen functional groups attached to an aromatic ring is 1. The first kappa shape index (κ1) is 23.7. The minimum Gasteiger partial charge on any atom is -0.399 e. The number of aliphatic hydroxyl groups excluding tert-OH is 2. The molecule has 3 aromatic rings. The normalized spacial score (nSPS) is 18.5. The van der Waals surface area contributed by atoms with E-state index in [1.54, 1.807) is 12.1 Å². The van der Waals surface area contributed by atoms with Crippen LogP contribution in [-0.4, -0.2) is 45.3 Å². The standard InChI is InChI=1S/C26H30N4O4/c27-22-9-10-25(26(13-22)30(33)34)28-15-18-1-5-20(6-2-18)21-7-3-19(4-8-21)16-29-12-11-24(32)14-23(29)17-31/h1-10,13,23-24,28,31-32H,11-12,14-17,27H2. The molecule has 0 bridgehead atoms. The fourth-order valence-corrected chi connectivity index (χ4v) is 4.38. The van der Waals surface area contributed by atoms with E-state index in [4.69, 9.17) is 5.73 Å². The van der Waals surface area contributed by atoms with Crippen LogP contribution < -0.4 is 11.1 Å². The lowest BCUT2D eigenvalue weighted by Gasteiger charge is -2.36. The number of nitro benzene ring substituents is 1. The highest BCUT2D eigenvalue weighted by molar-refractivity contribution is 5.67. The molecular weight excluding hydrogens is 432 g/mol. The van der Waals surface area contributed by atoms with Crippen LogP contribution in [0.25, 0.3) is 11.1 Å². The Morgan fingerprint density at radius 3 is 2.29 bits per heavy atom. The Balaban J connectivity index is 1.37. The van der Waals surface area contributed by atoms with Crippen LogP contribution in [0.2, 0.25) is 0 Å². The Bertz CT molecular complexity index is 1120. The second-order valence-electron chi connectivity index (χ2n) is 8.77. The van der Waals surface area contributed by atoms with Crippen molar-refractivity contribution >= 4 is 17.1 Å². The summed E-state index contributed by atoms with van der Waals surface area (Å²) in [6.45, 7) is 2.05. The third-order valence-corrected chi connectivity index (χ3v) is 6.35. The molecule has 1 heterocycles. The molecule has 34 heavy (non-hydrogen) atoms.